The van der Waals surface area contributed by atoms with Crippen LogP contribution in [0.4, 0.5) is 0 Å². The minimum Gasteiger partial charge on any atom is -0.343 e. The highest BCUT2D eigenvalue weighted by atomic mass is 16.2. The predicted molar refractivity (Wildman–Crippen MR) is 156 cm³/mol. The van der Waals surface area contributed by atoms with Crippen LogP contribution in [0.15, 0.2) is 60.7 Å². The van der Waals surface area contributed by atoms with Crippen molar-refractivity contribution >= 4 is 11.8 Å². The Labute approximate surface area is 234 Å². The van der Waals surface area contributed by atoms with E-state index in [2.05, 4.69) is 75.8 Å². The van der Waals surface area contributed by atoms with E-state index in [-0.39, 0.29) is 17.9 Å². The first-order chi connectivity index (χ1) is 19.0. The Morgan fingerprint density at radius 1 is 0.897 bits per heavy atom. The first-order valence-electron chi connectivity index (χ1n) is 15.2. The lowest BCUT2D eigenvalue weighted by Crippen LogP contribution is -2.54. The lowest BCUT2D eigenvalue weighted by molar-refractivity contribution is -0.138. The fourth-order valence-corrected chi connectivity index (χ4v) is 7.10. The van der Waals surface area contributed by atoms with Crippen molar-refractivity contribution in [2.45, 2.75) is 88.3 Å². The molecule has 1 aliphatic carbocycles. The second-order valence-corrected chi connectivity index (χ2v) is 12.2. The van der Waals surface area contributed by atoms with Crippen LogP contribution in [0.2, 0.25) is 0 Å². The minimum atomic E-state index is -0.627. The molecule has 5 atom stereocenters. The zero-order valence-electron chi connectivity index (χ0n) is 23.5. The highest BCUT2D eigenvalue weighted by Gasteiger charge is 2.41. The summed E-state index contributed by atoms with van der Waals surface area (Å²) in [5, 5.41) is 3.07. The molecule has 3 fully saturated rings. The fourth-order valence-electron chi connectivity index (χ4n) is 7.10. The van der Waals surface area contributed by atoms with E-state index in [0.717, 1.165) is 51.7 Å². The van der Waals surface area contributed by atoms with Gasteiger partial charge in [0.05, 0.1) is 6.04 Å². The van der Waals surface area contributed by atoms with Crippen LogP contribution in [0.1, 0.15) is 81.3 Å². The van der Waals surface area contributed by atoms with Gasteiger partial charge in [-0.2, -0.15) is 0 Å². The summed E-state index contributed by atoms with van der Waals surface area (Å²) in [7, 11) is 0. The molecule has 2 amide bonds. The zero-order chi connectivity index (χ0) is 27.2. The molecule has 0 aromatic heterocycles. The number of carbonyl (C=O) groups excluding carboxylic acids is 2. The van der Waals surface area contributed by atoms with Gasteiger partial charge in [-0.15, -0.1) is 0 Å². The molecule has 3 N–H and O–H groups in total. The molecule has 5 unspecified atom stereocenters. The van der Waals surface area contributed by atoms with Crippen molar-refractivity contribution in [1.29, 1.82) is 0 Å². The maximum Gasteiger partial charge on any atom is 0.245 e. The highest BCUT2D eigenvalue weighted by Crippen LogP contribution is 2.36. The Hall–Kier alpha value is -2.70. The summed E-state index contributed by atoms with van der Waals surface area (Å²) in [4.78, 5) is 31.7. The van der Waals surface area contributed by atoms with Crippen LogP contribution in [-0.4, -0.2) is 65.9 Å². The number of nitrogens with two attached hydrogens (primary N) is 1. The van der Waals surface area contributed by atoms with Crippen molar-refractivity contribution in [1.82, 2.24) is 15.1 Å². The van der Waals surface area contributed by atoms with Crippen molar-refractivity contribution < 1.29 is 9.59 Å². The van der Waals surface area contributed by atoms with E-state index in [1.165, 1.54) is 30.4 Å². The van der Waals surface area contributed by atoms with Crippen molar-refractivity contribution in [2.24, 2.45) is 11.7 Å². The van der Waals surface area contributed by atoms with E-state index >= 15 is 0 Å². The van der Waals surface area contributed by atoms with E-state index in [1.54, 1.807) is 6.92 Å². The minimum absolute atomic E-state index is 0.0804. The number of benzene rings is 2. The summed E-state index contributed by atoms with van der Waals surface area (Å²) in [6.07, 6.45) is 8.82. The van der Waals surface area contributed by atoms with E-state index < -0.39 is 12.1 Å². The summed E-state index contributed by atoms with van der Waals surface area (Å²) in [5.74, 6) is 1.19. The summed E-state index contributed by atoms with van der Waals surface area (Å²) >= 11 is 0. The average Bonchev–Trinajstić information content (AvgIpc) is 3.61. The molecular formula is C33H46N4O2. The summed E-state index contributed by atoms with van der Waals surface area (Å²) in [6.45, 7) is 5.37. The molecule has 2 aliphatic heterocycles. The van der Waals surface area contributed by atoms with Gasteiger partial charge in [0, 0.05) is 31.6 Å². The molecule has 5 rings (SSSR count). The topological polar surface area (TPSA) is 78.7 Å². The van der Waals surface area contributed by atoms with Crippen molar-refractivity contribution in [2.75, 3.05) is 26.2 Å². The quantitative estimate of drug-likeness (QED) is 0.494. The standard InChI is InChI=1S/C33H46N4O2/c1-24(34)32(38)35-31(19-25-11-5-2-6-12-25)33(39)37-22-29(27-15-9-4-10-16-27)20-30(37)23-36-18-17-28(21-36)26-13-7-3-8-14-26/h3-4,7-10,13-16,24-25,28-31H,2,5-6,11-12,17-23,34H2,1H3,(H,35,38). The number of nitrogens with one attached hydrogen (secondary N) is 1. The first kappa shape index (κ1) is 27.9. The van der Waals surface area contributed by atoms with Gasteiger partial charge in [0.1, 0.15) is 6.04 Å². The van der Waals surface area contributed by atoms with Crippen LogP contribution in [0.3, 0.4) is 0 Å². The molecule has 2 aromatic carbocycles. The van der Waals surface area contributed by atoms with Crippen LogP contribution < -0.4 is 11.1 Å². The SMILES string of the molecule is CC(N)C(=O)NC(CC1CCCCC1)C(=O)N1CC(c2ccccc2)CC1CN1CCC(c2ccccc2)C1. The molecule has 2 heterocycles. The average molecular weight is 531 g/mol. The molecule has 39 heavy (non-hydrogen) atoms. The predicted octanol–water partition coefficient (Wildman–Crippen LogP) is 4.66. The van der Waals surface area contributed by atoms with Gasteiger partial charge in [-0.1, -0.05) is 92.8 Å². The van der Waals surface area contributed by atoms with Gasteiger partial charge in [0.2, 0.25) is 11.8 Å². The molecule has 0 spiro atoms. The van der Waals surface area contributed by atoms with Gasteiger partial charge in [-0.25, -0.2) is 0 Å². The molecular weight excluding hydrogens is 484 g/mol. The summed E-state index contributed by atoms with van der Waals surface area (Å²) in [5.41, 5.74) is 8.63. The van der Waals surface area contributed by atoms with Gasteiger partial charge >= 0.3 is 0 Å². The number of rotatable bonds is 9. The van der Waals surface area contributed by atoms with Crippen molar-refractivity contribution in [3.63, 3.8) is 0 Å². The van der Waals surface area contributed by atoms with Gasteiger partial charge in [0.15, 0.2) is 0 Å². The molecule has 6 heteroatoms. The third-order valence-corrected chi connectivity index (χ3v) is 9.30. The molecule has 6 nitrogen and oxygen atoms in total. The van der Waals surface area contributed by atoms with E-state index in [0.29, 0.717) is 24.3 Å². The van der Waals surface area contributed by atoms with E-state index in [4.69, 9.17) is 5.73 Å². The molecule has 210 valence electrons. The van der Waals surface area contributed by atoms with Crippen LogP contribution in [0.5, 0.6) is 0 Å². The number of nitrogens with zero attached hydrogens (tertiary/aromatic N) is 2. The molecule has 2 saturated heterocycles. The molecule has 3 aliphatic rings. The fraction of sp³-hybridized carbons (Fsp3) is 0.576. The second kappa shape index (κ2) is 13.1. The molecule has 1 saturated carbocycles. The number of hydrogen-bond acceptors (Lipinski definition) is 4. The Morgan fingerprint density at radius 2 is 1.54 bits per heavy atom. The van der Waals surface area contributed by atoms with Gasteiger partial charge in [-0.05, 0) is 55.7 Å². The number of likely N-dealkylation sites (tertiary alicyclic amines) is 2. The van der Waals surface area contributed by atoms with Crippen molar-refractivity contribution in [3.05, 3.63) is 71.8 Å². The lowest BCUT2D eigenvalue weighted by atomic mass is 9.84. The highest BCUT2D eigenvalue weighted by molar-refractivity contribution is 5.90. The molecule has 2 aromatic rings. The smallest absolute Gasteiger partial charge is 0.245 e. The zero-order valence-corrected chi connectivity index (χ0v) is 23.5. The van der Waals surface area contributed by atoms with Crippen LogP contribution >= 0.6 is 0 Å². The number of amides is 2. The van der Waals surface area contributed by atoms with Gasteiger partial charge in [-0.3, -0.25) is 9.59 Å². The Morgan fingerprint density at radius 3 is 2.18 bits per heavy atom. The first-order valence-corrected chi connectivity index (χ1v) is 15.2. The Bertz CT molecular complexity index is 1070. The normalized spacial score (nSPS) is 25.9. The largest absolute Gasteiger partial charge is 0.343 e. The van der Waals surface area contributed by atoms with Crippen molar-refractivity contribution in [3.8, 4) is 0 Å². The summed E-state index contributed by atoms with van der Waals surface area (Å²) in [6, 6.07) is 20.4. The number of hydrogen-bond donors (Lipinski definition) is 2. The molecule has 0 radical (unpaired) electrons. The van der Waals surface area contributed by atoms with Gasteiger partial charge < -0.3 is 20.9 Å². The van der Waals surface area contributed by atoms with Crippen LogP contribution in [0.25, 0.3) is 0 Å². The third-order valence-electron chi connectivity index (χ3n) is 9.30. The molecule has 0 bridgehead atoms. The maximum atomic E-state index is 14.3. The summed E-state index contributed by atoms with van der Waals surface area (Å²) < 4.78 is 0. The van der Waals surface area contributed by atoms with E-state index in [1.807, 2.05) is 0 Å². The number of carbonyl (C=O) groups is 2. The lowest BCUT2D eigenvalue weighted by Gasteiger charge is -2.34. The monoisotopic (exact) mass is 530 g/mol. The van der Waals surface area contributed by atoms with Gasteiger partial charge in [0.25, 0.3) is 0 Å². The maximum absolute atomic E-state index is 14.3. The third kappa shape index (κ3) is 7.09. The van der Waals surface area contributed by atoms with E-state index in [9.17, 15) is 9.59 Å². The van der Waals surface area contributed by atoms with Crippen LogP contribution in [0, 0.1) is 5.92 Å². The second-order valence-electron chi connectivity index (χ2n) is 12.2. The van der Waals surface area contributed by atoms with Crippen LogP contribution in [-0.2, 0) is 9.59 Å². The Kier molecular flexibility index (Phi) is 9.36. The Balaban J connectivity index is 1.33.